The number of rotatable bonds is 5. The summed E-state index contributed by atoms with van der Waals surface area (Å²) in [5.74, 6) is -0.266. The Balaban J connectivity index is 1.59. The molecule has 5 nitrogen and oxygen atoms in total. The number of carbonyl (C=O) groups excluding carboxylic acids is 1. The maximum atomic E-state index is 13.2. The molecule has 0 heterocycles. The van der Waals surface area contributed by atoms with Crippen molar-refractivity contribution < 1.29 is 13.2 Å². The molecular formula is C25H26N2O3S. The second-order valence-corrected chi connectivity index (χ2v) is 9.87. The molecule has 0 aliphatic heterocycles. The van der Waals surface area contributed by atoms with Gasteiger partial charge < -0.3 is 5.32 Å². The monoisotopic (exact) mass is 434 g/mol. The lowest BCUT2D eigenvalue weighted by Gasteiger charge is -2.26. The van der Waals surface area contributed by atoms with E-state index in [0.29, 0.717) is 11.3 Å². The van der Waals surface area contributed by atoms with Crippen LogP contribution in [0.15, 0.2) is 77.7 Å². The molecule has 160 valence electrons. The minimum atomic E-state index is -3.80. The molecule has 0 aromatic heterocycles. The van der Waals surface area contributed by atoms with Crippen molar-refractivity contribution in [3.63, 3.8) is 0 Å². The van der Waals surface area contributed by atoms with Crippen molar-refractivity contribution in [3.05, 3.63) is 95.1 Å². The Morgan fingerprint density at radius 2 is 1.74 bits per heavy atom. The van der Waals surface area contributed by atoms with Gasteiger partial charge in [0.1, 0.15) is 0 Å². The Labute approximate surface area is 183 Å². The number of aryl methyl sites for hydroxylation is 2. The van der Waals surface area contributed by atoms with E-state index in [9.17, 15) is 13.2 Å². The third-order valence-electron chi connectivity index (χ3n) is 5.88. The first-order valence-corrected chi connectivity index (χ1v) is 11.9. The Bertz CT molecular complexity index is 1220. The summed E-state index contributed by atoms with van der Waals surface area (Å²) in [4.78, 5) is 13.1. The molecule has 0 saturated heterocycles. The maximum Gasteiger partial charge on any atom is 0.264 e. The van der Waals surface area contributed by atoms with Crippen molar-refractivity contribution >= 4 is 21.6 Å². The summed E-state index contributed by atoms with van der Waals surface area (Å²) in [5.41, 5.74) is 4.21. The molecule has 6 heteroatoms. The first-order chi connectivity index (χ1) is 14.9. The fourth-order valence-corrected chi connectivity index (χ4v) is 5.45. The Morgan fingerprint density at radius 3 is 2.55 bits per heavy atom. The van der Waals surface area contributed by atoms with E-state index in [2.05, 4.69) is 17.4 Å². The van der Waals surface area contributed by atoms with Crippen LogP contribution in [0.4, 0.5) is 5.69 Å². The summed E-state index contributed by atoms with van der Waals surface area (Å²) >= 11 is 0. The quantitative estimate of drug-likeness (QED) is 0.637. The molecule has 1 aliphatic carbocycles. The number of sulfonamides is 1. The van der Waals surface area contributed by atoms with Gasteiger partial charge in [-0.2, -0.15) is 0 Å². The summed E-state index contributed by atoms with van der Waals surface area (Å²) in [5, 5.41) is 3.09. The number of amides is 1. The van der Waals surface area contributed by atoms with E-state index in [1.54, 1.807) is 24.3 Å². The summed E-state index contributed by atoms with van der Waals surface area (Å²) in [6, 6.07) is 21.6. The van der Waals surface area contributed by atoms with Gasteiger partial charge in [0.25, 0.3) is 15.9 Å². The minimum absolute atomic E-state index is 0.0626. The zero-order valence-electron chi connectivity index (χ0n) is 17.7. The van der Waals surface area contributed by atoms with Crippen molar-refractivity contribution in [3.8, 4) is 0 Å². The van der Waals surface area contributed by atoms with Gasteiger partial charge in [-0.3, -0.25) is 9.10 Å². The lowest BCUT2D eigenvalue weighted by molar-refractivity contribution is 0.0932. The average molecular weight is 435 g/mol. The molecule has 1 atom stereocenters. The van der Waals surface area contributed by atoms with Gasteiger partial charge in [-0.1, -0.05) is 48.5 Å². The van der Waals surface area contributed by atoms with Gasteiger partial charge in [0.15, 0.2) is 0 Å². The Hall–Kier alpha value is -3.12. The van der Waals surface area contributed by atoms with E-state index in [1.807, 2.05) is 31.2 Å². The molecule has 1 amide bonds. The van der Waals surface area contributed by atoms with Crippen LogP contribution in [0.3, 0.4) is 0 Å². The number of benzene rings is 3. The molecule has 0 radical (unpaired) electrons. The van der Waals surface area contributed by atoms with Crippen molar-refractivity contribution in [2.75, 3.05) is 11.4 Å². The standard InChI is InChI=1S/C25H26N2O3S/c1-18-9-3-6-16-24(18)27(2)31(29,30)21-13-7-12-20(17-21)25(28)26-23-15-8-11-19-10-4-5-14-22(19)23/h3-7,9-10,12-14,16-17,23H,8,11,15H2,1-2H3,(H,26,28)/t23-/m1/s1. The van der Waals surface area contributed by atoms with Crippen LogP contribution >= 0.6 is 0 Å². The molecule has 0 saturated carbocycles. The highest BCUT2D eigenvalue weighted by Crippen LogP contribution is 2.30. The fourth-order valence-electron chi connectivity index (χ4n) is 4.15. The van der Waals surface area contributed by atoms with Crippen LogP contribution in [0.5, 0.6) is 0 Å². The third kappa shape index (κ3) is 4.21. The first-order valence-electron chi connectivity index (χ1n) is 10.4. The van der Waals surface area contributed by atoms with Crippen LogP contribution in [-0.4, -0.2) is 21.4 Å². The molecule has 1 aliphatic rings. The zero-order chi connectivity index (χ0) is 22.0. The molecule has 4 rings (SSSR count). The lowest BCUT2D eigenvalue weighted by atomic mass is 9.87. The van der Waals surface area contributed by atoms with Crippen LogP contribution in [0, 0.1) is 6.92 Å². The zero-order valence-corrected chi connectivity index (χ0v) is 18.5. The van der Waals surface area contributed by atoms with Crippen LogP contribution in [-0.2, 0) is 16.4 Å². The van der Waals surface area contributed by atoms with E-state index < -0.39 is 10.0 Å². The predicted octanol–water partition coefficient (Wildman–Crippen LogP) is 4.63. The fraction of sp³-hybridized carbons (Fsp3) is 0.240. The van der Waals surface area contributed by atoms with Crippen LogP contribution in [0.2, 0.25) is 0 Å². The predicted molar refractivity (Wildman–Crippen MR) is 123 cm³/mol. The summed E-state index contributed by atoms with van der Waals surface area (Å²) < 4.78 is 27.7. The number of hydrogen-bond donors (Lipinski definition) is 1. The number of anilines is 1. The molecule has 0 bridgehead atoms. The molecule has 0 fully saturated rings. The average Bonchev–Trinajstić information content (AvgIpc) is 2.79. The first kappa shape index (κ1) is 21.1. The van der Waals surface area contributed by atoms with Gasteiger partial charge in [0, 0.05) is 12.6 Å². The summed E-state index contributed by atoms with van der Waals surface area (Å²) in [6.07, 6.45) is 2.90. The van der Waals surface area contributed by atoms with Gasteiger partial charge in [-0.05, 0) is 67.1 Å². The van der Waals surface area contributed by atoms with Gasteiger partial charge in [0.05, 0.1) is 16.6 Å². The van der Waals surface area contributed by atoms with Crippen molar-refractivity contribution in [1.82, 2.24) is 5.32 Å². The topological polar surface area (TPSA) is 66.5 Å². The SMILES string of the molecule is Cc1ccccc1N(C)S(=O)(=O)c1cccc(C(=O)N[C@@H]2CCCc3ccccc32)c1. The van der Waals surface area contributed by atoms with Crippen LogP contribution < -0.4 is 9.62 Å². The molecule has 31 heavy (non-hydrogen) atoms. The molecule has 0 unspecified atom stereocenters. The van der Waals surface area contributed by atoms with E-state index in [0.717, 1.165) is 30.4 Å². The highest BCUT2D eigenvalue weighted by molar-refractivity contribution is 7.92. The van der Waals surface area contributed by atoms with Crippen molar-refractivity contribution in [1.29, 1.82) is 0 Å². The third-order valence-corrected chi connectivity index (χ3v) is 7.65. The van der Waals surface area contributed by atoms with Gasteiger partial charge in [0.2, 0.25) is 0 Å². The van der Waals surface area contributed by atoms with Gasteiger partial charge in [-0.25, -0.2) is 8.42 Å². The van der Waals surface area contributed by atoms with E-state index >= 15 is 0 Å². The number of para-hydroxylation sites is 1. The Morgan fingerprint density at radius 1 is 1.00 bits per heavy atom. The summed E-state index contributed by atoms with van der Waals surface area (Å²) in [6.45, 7) is 1.87. The van der Waals surface area contributed by atoms with E-state index in [1.165, 1.54) is 29.0 Å². The minimum Gasteiger partial charge on any atom is -0.345 e. The molecular weight excluding hydrogens is 408 g/mol. The number of nitrogens with zero attached hydrogens (tertiary/aromatic N) is 1. The largest absolute Gasteiger partial charge is 0.345 e. The number of hydrogen-bond acceptors (Lipinski definition) is 3. The highest BCUT2D eigenvalue weighted by Gasteiger charge is 2.25. The Kier molecular flexibility index (Phi) is 5.83. The highest BCUT2D eigenvalue weighted by atomic mass is 32.2. The summed E-state index contributed by atoms with van der Waals surface area (Å²) in [7, 11) is -2.27. The maximum absolute atomic E-state index is 13.2. The van der Waals surface area contributed by atoms with Crippen molar-refractivity contribution in [2.45, 2.75) is 37.1 Å². The van der Waals surface area contributed by atoms with E-state index in [4.69, 9.17) is 0 Å². The number of fused-ring (bicyclic) bond motifs is 1. The number of nitrogens with one attached hydrogen (secondary N) is 1. The molecule has 1 N–H and O–H groups in total. The smallest absolute Gasteiger partial charge is 0.264 e. The molecule has 3 aromatic carbocycles. The normalized spacial score (nSPS) is 15.7. The van der Waals surface area contributed by atoms with Gasteiger partial charge in [-0.15, -0.1) is 0 Å². The lowest BCUT2D eigenvalue weighted by Crippen LogP contribution is -2.31. The van der Waals surface area contributed by atoms with Crippen LogP contribution in [0.1, 0.15) is 45.9 Å². The molecule has 3 aromatic rings. The second kappa shape index (κ2) is 8.55. The second-order valence-electron chi connectivity index (χ2n) is 7.90. The van der Waals surface area contributed by atoms with Crippen molar-refractivity contribution in [2.24, 2.45) is 0 Å². The van der Waals surface area contributed by atoms with Crippen LogP contribution in [0.25, 0.3) is 0 Å². The van der Waals surface area contributed by atoms with E-state index in [-0.39, 0.29) is 16.8 Å². The molecule has 0 spiro atoms. The number of carbonyl (C=O) groups is 1. The van der Waals surface area contributed by atoms with Gasteiger partial charge >= 0.3 is 0 Å².